The van der Waals surface area contributed by atoms with E-state index in [-0.39, 0.29) is 15.8 Å². The zero-order chi connectivity index (χ0) is 16.4. The molecule has 0 aliphatic rings. The number of carbonyl (C=O) groups is 2. The van der Waals surface area contributed by atoms with Crippen molar-refractivity contribution in [1.82, 2.24) is 5.32 Å². The van der Waals surface area contributed by atoms with Crippen LogP contribution in [0.1, 0.15) is 30.5 Å². The molecule has 2 aromatic heterocycles. The maximum Gasteiger partial charge on any atom is 0.324 e. The Hall–Kier alpha value is -2.26. The molecular formula is C13H13N3O4S2. The van der Waals surface area contributed by atoms with Crippen LogP contribution in [0.15, 0.2) is 12.1 Å². The lowest BCUT2D eigenvalue weighted by Crippen LogP contribution is -2.20. The van der Waals surface area contributed by atoms with E-state index < -0.39 is 10.8 Å². The molecule has 2 aromatic rings. The summed E-state index contributed by atoms with van der Waals surface area (Å²) < 4.78 is 0. The molecule has 0 aliphatic heterocycles. The van der Waals surface area contributed by atoms with E-state index in [1.54, 1.807) is 0 Å². The first-order valence-corrected chi connectivity index (χ1v) is 7.86. The first-order chi connectivity index (χ1) is 10.3. The standard InChI is InChI=1S/C13H13N3O4S2/c1-6-7(2)21-13(10(6)12(18)14-3)15-11(17)8-4-5-9(22-8)16(19)20/h4-5H,1-3H3,(H,14,18)(H,15,17). The molecule has 0 aliphatic carbocycles. The minimum absolute atomic E-state index is 0.102. The molecule has 2 rings (SSSR count). The van der Waals surface area contributed by atoms with E-state index >= 15 is 0 Å². The molecule has 116 valence electrons. The van der Waals surface area contributed by atoms with E-state index in [0.717, 1.165) is 21.8 Å². The Labute approximate surface area is 134 Å². The predicted octanol–water partition coefficient (Wildman–Crippen LogP) is 2.95. The number of anilines is 1. The van der Waals surface area contributed by atoms with E-state index in [1.165, 1.54) is 30.5 Å². The summed E-state index contributed by atoms with van der Waals surface area (Å²) in [5.41, 5.74) is 1.22. The number of nitrogens with zero attached hydrogens (tertiary/aromatic N) is 1. The van der Waals surface area contributed by atoms with E-state index in [9.17, 15) is 19.7 Å². The predicted molar refractivity (Wildman–Crippen MR) is 86.1 cm³/mol. The third kappa shape index (κ3) is 3.00. The Bertz CT molecular complexity index is 763. The molecule has 22 heavy (non-hydrogen) atoms. The van der Waals surface area contributed by atoms with Crippen molar-refractivity contribution in [2.45, 2.75) is 13.8 Å². The molecule has 0 fully saturated rings. The Balaban J connectivity index is 2.30. The smallest absolute Gasteiger partial charge is 0.324 e. The van der Waals surface area contributed by atoms with Gasteiger partial charge >= 0.3 is 5.00 Å². The molecule has 0 unspecified atom stereocenters. The summed E-state index contributed by atoms with van der Waals surface area (Å²) >= 11 is 2.09. The molecule has 2 heterocycles. The van der Waals surface area contributed by atoms with Gasteiger partial charge < -0.3 is 10.6 Å². The van der Waals surface area contributed by atoms with Crippen molar-refractivity contribution in [3.05, 3.63) is 43.1 Å². The van der Waals surface area contributed by atoms with Crippen LogP contribution in [0.25, 0.3) is 0 Å². The van der Waals surface area contributed by atoms with E-state index in [2.05, 4.69) is 10.6 Å². The van der Waals surface area contributed by atoms with Crippen LogP contribution in [0.3, 0.4) is 0 Å². The summed E-state index contributed by atoms with van der Waals surface area (Å²) in [6.45, 7) is 3.67. The van der Waals surface area contributed by atoms with E-state index in [1.807, 2.05) is 13.8 Å². The van der Waals surface area contributed by atoms with Crippen LogP contribution >= 0.6 is 22.7 Å². The number of aryl methyl sites for hydroxylation is 1. The molecule has 0 saturated carbocycles. The highest BCUT2D eigenvalue weighted by Gasteiger charge is 2.22. The van der Waals surface area contributed by atoms with Gasteiger partial charge in [0.05, 0.1) is 15.4 Å². The van der Waals surface area contributed by atoms with Crippen LogP contribution in [0.5, 0.6) is 0 Å². The maximum absolute atomic E-state index is 12.2. The normalized spacial score (nSPS) is 10.3. The van der Waals surface area contributed by atoms with Crippen molar-refractivity contribution in [2.75, 3.05) is 12.4 Å². The van der Waals surface area contributed by atoms with Crippen LogP contribution < -0.4 is 10.6 Å². The number of nitro groups is 1. The highest BCUT2D eigenvalue weighted by atomic mass is 32.1. The van der Waals surface area contributed by atoms with Gasteiger partial charge in [-0.25, -0.2) is 0 Å². The molecule has 7 nitrogen and oxygen atoms in total. The summed E-state index contributed by atoms with van der Waals surface area (Å²) in [5.74, 6) is -0.751. The molecule has 0 atom stereocenters. The second kappa shape index (κ2) is 6.24. The van der Waals surface area contributed by atoms with E-state index in [0.29, 0.717) is 10.6 Å². The first-order valence-electron chi connectivity index (χ1n) is 6.22. The van der Waals surface area contributed by atoms with Gasteiger partial charge in [0.15, 0.2) is 0 Å². The van der Waals surface area contributed by atoms with Crippen molar-refractivity contribution in [3.8, 4) is 0 Å². The lowest BCUT2D eigenvalue weighted by molar-refractivity contribution is -0.380. The Morgan fingerprint density at radius 2 is 1.86 bits per heavy atom. The molecule has 0 bridgehead atoms. The summed E-state index contributed by atoms with van der Waals surface area (Å²) in [6.07, 6.45) is 0. The minimum Gasteiger partial charge on any atom is -0.355 e. The first kappa shape index (κ1) is 16.1. The van der Waals surface area contributed by atoms with Crippen LogP contribution in [-0.2, 0) is 0 Å². The fourth-order valence-corrected chi connectivity index (χ4v) is 3.59. The molecule has 0 aromatic carbocycles. The van der Waals surface area contributed by atoms with Crippen LogP contribution in [0.2, 0.25) is 0 Å². The number of thiophene rings is 2. The van der Waals surface area contributed by atoms with Crippen molar-refractivity contribution in [3.63, 3.8) is 0 Å². The molecule has 0 spiro atoms. The van der Waals surface area contributed by atoms with Gasteiger partial charge in [0.1, 0.15) is 5.00 Å². The third-order valence-corrected chi connectivity index (χ3v) is 5.22. The van der Waals surface area contributed by atoms with Gasteiger partial charge in [-0.3, -0.25) is 19.7 Å². The summed E-state index contributed by atoms with van der Waals surface area (Å²) in [5, 5.41) is 16.2. The average Bonchev–Trinajstić information content (AvgIpc) is 3.05. The Kier molecular flexibility index (Phi) is 4.57. The number of rotatable bonds is 4. The van der Waals surface area contributed by atoms with Crippen molar-refractivity contribution >= 4 is 44.5 Å². The van der Waals surface area contributed by atoms with Crippen LogP contribution in [-0.4, -0.2) is 23.8 Å². The Morgan fingerprint density at radius 1 is 1.18 bits per heavy atom. The number of hydrogen-bond acceptors (Lipinski definition) is 6. The van der Waals surface area contributed by atoms with Gasteiger partial charge in [-0.05, 0) is 25.5 Å². The fourth-order valence-electron chi connectivity index (χ4n) is 1.83. The van der Waals surface area contributed by atoms with Crippen molar-refractivity contribution in [1.29, 1.82) is 0 Å². The fraction of sp³-hybridized carbons (Fsp3) is 0.231. The second-order valence-corrected chi connectivity index (χ2v) is 6.70. The molecule has 0 saturated heterocycles. The monoisotopic (exact) mass is 339 g/mol. The van der Waals surface area contributed by atoms with Crippen LogP contribution in [0, 0.1) is 24.0 Å². The van der Waals surface area contributed by atoms with Crippen LogP contribution in [0.4, 0.5) is 10.0 Å². The minimum atomic E-state index is -0.545. The lowest BCUT2D eigenvalue weighted by atomic mass is 10.1. The lowest BCUT2D eigenvalue weighted by Gasteiger charge is -2.05. The average molecular weight is 339 g/mol. The highest BCUT2D eigenvalue weighted by Crippen LogP contribution is 2.33. The third-order valence-electron chi connectivity index (χ3n) is 3.06. The number of nitrogens with one attached hydrogen (secondary N) is 2. The molecule has 2 amide bonds. The highest BCUT2D eigenvalue weighted by molar-refractivity contribution is 7.18. The largest absolute Gasteiger partial charge is 0.355 e. The van der Waals surface area contributed by atoms with Gasteiger partial charge in [-0.2, -0.15) is 0 Å². The molecular weight excluding hydrogens is 326 g/mol. The van der Waals surface area contributed by atoms with Gasteiger partial charge in [-0.1, -0.05) is 11.3 Å². The zero-order valence-corrected chi connectivity index (χ0v) is 13.7. The number of amides is 2. The number of hydrogen-bond donors (Lipinski definition) is 2. The summed E-state index contributed by atoms with van der Waals surface area (Å²) in [7, 11) is 1.52. The van der Waals surface area contributed by atoms with Gasteiger partial charge in [0.2, 0.25) is 0 Å². The van der Waals surface area contributed by atoms with Gasteiger partial charge in [-0.15, -0.1) is 11.3 Å². The van der Waals surface area contributed by atoms with Crippen molar-refractivity contribution in [2.24, 2.45) is 0 Å². The molecule has 0 radical (unpaired) electrons. The quantitative estimate of drug-likeness (QED) is 0.660. The maximum atomic E-state index is 12.2. The Morgan fingerprint density at radius 3 is 2.41 bits per heavy atom. The molecule has 2 N–H and O–H groups in total. The zero-order valence-electron chi connectivity index (χ0n) is 12.1. The van der Waals surface area contributed by atoms with E-state index in [4.69, 9.17) is 0 Å². The van der Waals surface area contributed by atoms with Crippen molar-refractivity contribution < 1.29 is 14.5 Å². The van der Waals surface area contributed by atoms with Gasteiger partial charge in [0, 0.05) is 18.0 Å². The summed E-state index contributed by atoms with van der Waals surface area (Å²) in [4.78, 5) is 35.4. The van der Waals surface area contributed by atoms with Gasteiger partial charge in [0.25, 0.3) is 11.8 Å². The molecule has 9 heteroatoms. The SMILES string of the molecule is CNC(=O)c1c(NC(=O)c2ccc([N+](=O)[O-])s2)sc(C)c1C. The second-order valence-electron chi connectivity index (χ2n) is 4.42. The topological polar surface area (TPSA) is 101 Å². The number of carbonyl (C=O) groups excluding carboxylic acids is 2. The summed E-state index contributed by atoms with van der Waals surface area (Å²) in [6, 6.07) is 2.68.